The lowest BCUT2D eigenvalue weighted by molar-refractivity contribution is -0.142. The Morgan fingerprint density at radius 1 is 1.35 bits per heavy atom. The van der Waals surface area contributed by atoms with Crippen LogP contribution < -0.4 is 0 Å². The van der Waals surface area contributed by atoms with Crippen molar-refractivity contribution < 1.29 is 24.2 Å². The Kier molecular flexibility index (Phi) is 3.95. The number of likely N-dealkylation sites (tertiary alicyclic amines) is 1. The number of amides is 1. The van der Waals surface area contributed by atoms with Crippen molar-refractivity contribution in [1.29, 1.82) is 0 Å². The molecular weight excluding hydrogens is 262 g/mol. The van der Waals surface area contributed by atoms with Crippen molar-refractivity contribution in [3.05, 3.63) is 0 Å². The van der Waals surface area contributed by atoms with E-state index in [2.05, 4.69) is 0 Å². The molecule has 1 spiro atoms. The van der Waals surface area contributed by atoms with Crippen LogP contribution in [-0.2, 0) is 14.3 Å². The molecule has 0 radical (unpaired) electrons. The Hall–Kier alpha value is -1.30. The third kappa shape index (κ3) is 3.23. The summed E-state index contributed by atoms with van der Waals surface area (Å²) in [6.45, 7) is 6.24. The molecule has 0 aliphatic carbocycles. The first-order valence-corrected chi connectivity index (χ1v) is 7.09. The van der Waals surface area contributed by atoms with Gasteiger partial charge in [-0.25, -0.2) is 9.59 Å². The molecule has 2 aliphatic heterocycles. The van der Waals surface area contributed by atoms with Crippen LogP contribution in [0.5, 0.6) is 0 Å². The van der Waals surface area contributed by atoms with E-state index in [9.17, 15) is 14.7 Å². The molecule has 20 heavy (non-hydrogen) atoms. The summed E-state index contributed by atoms with van der Waals surface area (Å²) in [5.41, 5.74) is -1.14. The van der Waals surface area contributed by atoms with E-state index in [0.29, 0.717) is 19.6 Å². The number of aliphatic carboxylic acids is 1. The van der Waals surface area contributed by atoms with E-state index in [4.69, 9.17) is 9.47 Å². The second-order valence-electron chi connectivity index (χ2n) is 6.65. The largest absolute Gasteiger partial charge is 0.480 e. The fourth-order valence-electron chi connectivity index (χ4n) is 2.88. The molecule has 0 aromatic carbocycles. The van der Waals surface area contributed by atoms with Gasteiger partial charge in [0.05, 0.1) is 12.1 Å². The standard InChI is InChI=1S/C14H23NO5/c1-13(2,3)20-12(18)15-9-14(6-4-5-7-19-14)8-10(15)11(16)17/h10H,4-9H2,1-3H3,(H,16,17)/t10-,14?/m0/s1. The van der Waals surface area contributed by atoms with Crippen molar-refractivity contribution >= 4 is 12.1 Å². The Labute approximate surface area is 119 Å². The molecule has 6 nitrogen and oxygen atoms in total. The first-order chi connectivity index (χ1) is 9.22. The van der Waals surface area contributed by atoms with Gasteiger partial charge in [-0.3, -0.25) is 4.90 Å². The number of carboxylic acid groups (broad SMARTS) is 1. The summed E-state index contributed by atoms with van der Waals surface area (Å²) < 4.78 is 11.1. The highest BCUT2D eigenvalue weighted by atomic mass is 16.6. The first kappa shape index (κ1) is 15.1. The number of nitrogens with zero attached hydrogens (tertiary/aromatic N) is 1. The average molecular weight is 285 g/mol. The third-order valence-electron chi connectivity index (χ3n) is 3.75. The quantitative estimate of drug-likeness (QED) is 0.797. The van der Waals surface area contributed by atoms with Crippen molar-refractivity contribution in [1.82, 2.24) is 4.90 Å². The summed E-state index contributed by atoms with van der Waals surface area (Å²) in [5.74, 6) is -0.998. The smallest absolute Gasteiger partial charge is 0.411 e. The molecule has 2 atom stereocenters. The topological polar surface area (TPSA) is 76.1 Å². The second-order valence-corrected chi connectivity index (χ2v) is 6.65. The van der Waals surface area contributed by atoms with Gasteiger partial charge in [0.2, 0.25) is 0 Å². The van der Waals surface area contributed by atoms with Gasteiger partial charge in [0.1, 0.15) is 11.6 Å². The summed E-state index contributed by atoms with van der Waals surface area (Å²) in [6.07, 6.45) is 2.58. The maximum atomic E-state index is 12.2. The summed E-state index contributed by atoms with van der Waals surface area (Å²) in [5, 5.41) is 9.34. The Bertz CT molecular complexity index is 395. The average Bonchev–Trinajstić information content (AvgIpc) is 2.68. The van der Waals surface area contributed by atoms with Gasteiger partial charge in [-0.05, 0) is 40.0 Å². The second kappa shape index (κ2) is 5.24. The zero-order valence-corrected chi connectivity index (χ0v) is 12.3. The van der Waals surface area contributed by atoms with Gasteiger partial charge >= 0.3 is 12.1 Å². The van der Waals surface area contributed by atoms with Crippen molar-refractivity contribution in [3.8, 4) is 0 Å². The van der Waals surface area contributed by atoms with E-state index in [1.807, 2.05) is 0 Å². The molecule has 1 N–H and O–H groups in total. The fraction of sp³-hybridized carbons (Fsp3) is 0.857. The predicted octanol–water partition coefficient (Wildman–Crippen LogP) is 2.02. The number of carbonyl (C=O) groups is 2. The molecule has 2 fully saturated rings. The van der Waals surface area contributed by atoms with Crippen LogP contribution in [0.15, 0.2) is 0 Å². The van der Waals surface area contributed by atoms with Crippen LogP contribution in [0.3, 0.4) is 0 Å². The minimum Gasteiger partial charge on any atom is -0.480 e. The molecule has 2 rings (SSSR count). The summed E-state index contributed by atoms with van der Waals surface area (Å²) in [4.78, 5) is 24.9. The van der Waals surface area contributed by atoms with Gasteiger partial charge in [0.25, 0.3) is 0 Å². The third-order valence-corrected chi connectivity index (χ3v) is 3.75. The van der Waals surface area contributed by atoms with Crippen LogP contribution in [0.1, 0.15) is 46.5 Å². The van der Waals surface area contributed by atoms with Crippen LogP contribution in [-0.4, -0.2) is 52.5 Å². The van der Waals surface area contributed by atoms with E-state index in [0.717, 1.165) is 19.3 Å². The molecule has 1 unspecified atom stereocenters. The minimum atomic E-state index is -0.998. The van der Waals surface area contributed by atoms with Gasteiger partial charge in [0, 0.05) is 13.0 Å². The Morgan fingerprint density at radius 2 is 2.05 bits per heavy atom. The van der Waals surface area contributed by atoms with Gasteiger partial charge < -0.3 is 14.6 Å². The zero-order valence-electron chi connectivity index (χ0n) is 12.3. The molecule has 2 heterocycles. The number of carbonyl (C=O) groups excluding carboxylic acids is 1. The van der Waals surface area contributed by atoms with E-state index in [1.54, 1.807) is 20.8 Å². The van der Waals surface area contributed by atoms with Gasteiger partial charge in [-0.1, -0.05) is 0 Å². The maximum absolute atomic E-state index is 12.2. The lowest BCUT2D eigenvalue weighted by Gasteiger charge is -2.33. The normalized spacial score (nSPS) is 30.6. The maximum Gasteiger partial charge on any atom is 0.411 e. The van der Waals surface area contributed by atoms with Crippen LogP contribution >= 0.6 is 0 Å². The molecule has 0 aromatic rings. The Balaban J connectivity index is 2.13. The SMILES string of the molecule is CC(C)(C)OC(=O)N1CC2(CCCCO2)C[C@H]1C(=O)O. The van der Waals surface area contributed by atoms with E-state index in [-0.39, 0.29) is 0 Å². The van der Waals surface area contributed by atoms with E-state index >= 15 is 0 Å². The van der Waals surface area contributed by atoms with Crippen molar-refractivity contribution in [2.45, 2.75) is 63.7 Å². The monoisotopic (exact) mass is 285 g/mol. The van der Waals surface area contributed by atoms with E-state index < -0.39 is 29.3 Å². The lowest BCUT2D eigenvalue weighted by atomic mass is 9.91. The highest BCUT2D eigenvalue weighted by Gasteiger charge is 2.51. The van der Waals surface area contributed by atoms with Crippen LogP contribution in [0.4, 0.5) is 4.79 Å². The van der Waals surface area contributed by atoms with Gasteiger partial charge in [-0.15, -0.1) is 0 Å². The molecule has 2 saturated heterocycles. The number of carboxylic acids is 1. The van der Waals surface area contributed by atoms with Crippen molar-refractivity contribution in [2.75, 3.05) is 13.2 Å². The van der Waals surface area contributed by atoms with Crippen molar-refractivity contribution in [3.63, 3.8) is 0 Å². The molecule has 2 aliphatic rings. The lowest BCUT2D eigenvalue weighted by Crippen LogP contribution is -2.44. The molecule has 0 saturated carbocycles. The number of rotatable bonds is 1. The molecule has 0 aromatic heterocycles. The fourth-order valence-corrected chi connectivity index (χ4v) is 2.88. The van der Waals surface area contributed by atoms with Crippen LogP contribution in [0.2, 0.25) is 0 Å². The van der Waals surface area contributed by atoms with Crippen LogP contribution in [0.25, 0.3) is 0 Å². The predicted molar refractivity (Wildman–Crippen MR) is 71.5 cm³/mol. The molecule has 1 amide bonds. The van der Waals surface area contributed by atoms with Gasteiger partial charge in [-0.2, -0.15) is 0 Å². The number of ether oxygens (including phenoxy) is 2. The number of hydrogen-bond acceptors (Lipinski definition) is 4. The molecule has 114 valence electrons. The molecule has 0 bridgehead atoms. The Morgan fingerprint density at radius 3 is 2.55 bits per heavy atom. The highest BCUT2D eigenvalue weighted by Crippen LogP contribution is 2.38. The minimum absolute atomic E-state index is 0.304. The molecule has 6 heteroatoms. The highest BCUT2D eigenvalue weighted by molar-refractivity contribution is 5.81. The van der Waals surface area contributed by atoms with E-state index in [1.165, 1.54) is 4.90 Å². The molecular formula is C14H23NO5. The number of hydrogen-bond donors (Lipinski definition) is 1. The summed E-state index contributed by atoms with van der Waals surface area (Å²) in [7, 11) is 0. The summed E-state index contributed by atoms with van der Waals surface area (Å²) >= 11 is 0. The van der Waals surface area contributed by atoms with Gasteiger partial charge in [0.15, 0.2) is 0 Å². The van der Waals surface area contributed by atoms with Crippen molar-refractivity contribution in [2.24, 2.45) is 0 Å². The van der Waals surface area contributed by atoms with Crippen LogP contribution in [0, 0.1) is 0 Å². The zero-order chi connectivity index (χ0) is 15.0. The first-order valence-electron chi connectivity index (χ1n) is 7.09. The summed E-state index contributed by atoms with van der Waals surface area (Å²) in [6, 6.07) is -0.858.